The molecular weight excluding hydrogens is 498 g/mol. The lowest BCUT2D eigenvalue weighted by molar-refractivity contribution is -0.236. The summed E-state index contributed by atoms with van der Waals surface area (Å²) in [7, 11) is 0. The van der Waals surface area contributed by atoms with Gasteiger partial charge in [-0.1, -0.05) is 20.8 Å². The lowest BCUT2D eigenvalue weighted by Gasteiger charge is -2.32. The Labute approximate surface area is 227 Å². The van der Waals surface area contributed by atoms with Crippen LogP contribution in [-0.4, -0.2) is 100 Å². The molecule has 224 valence electrons. The van der Waals surface area contributed by atoms with Crippen molar-refractivity contribution in [1.82, 2.24) is 16.0 Å². The van der Waals surface area contributed by atoms with E-state index < -0.39 is 24.1 Å². The van der Waals surface area contributed by atoms with Crippen LogP contribution < -0.4 is 16.0 Å². The van der Waals surface area contributed by atoms with E-state index in [2.05, 4.69) is 16.0 Å². The molecule has 0 heterocycles. The summed E-state index contributed by atoms with van der Waals surface area (Å²) in [5.41, 5.74) is -0.621. The van der Waals surface area contributed by atoms with E-state index in [-0.39, 0.29) is 62.9 Å². The van der Waals surface area contributed by atoms with Crippen molar-refractivity contribution in [3.05, 3.63) is 0 Å². The number of aliphatic hydroxyl groups is 1. The van der Waals surface area contributed by atoms with Crippen LogP contribution in [0.4, 0.5) is 4.79 Å². The van der Waals surface area contributed by atoms with Gasteiger partial charge in [-0.3, -0.25) is 9.59 Å². The highest BCUT2D eigenvalue weighted by Crippen LogP contribution is 2.24. The first-order valence-corrected chi connectivity index (χ1v) is 13.3. The summed E-state index contributed by atoms with van der Waals surface area (Å²) in [5, 5.41) is 17.6. The summed E-state index contributed by atoms with van der Waals surface area (Å²) in [6.07, 6.45) is -1.16. The molecule has 0 aromatic heterocycles. The zero-order chi connectivity index (χ0) is 29.0. The first-order valence-electron chi connectivity index (χ1n) is 13.3. The van der Waals surface area contributed by atoms with Gasteiger partial charge in [0.1, 0.15) is 6.61 Å². The molecule has 38 heavy (non-hydrogen) atoms. The van der Waals surface area contributed by atoms with Crippen molar-refractivity contribution < 1.29 is 43.2 Å². The maximum atomic E-state index is 12.1. The van der Waals surface area contributed by atoms with Crippen LogP contribution in [-0.2, 0) is 33.3 Å². The first-order chi connectivity index (χ1) is 17.8. The minimum Gasteiger partial charge on any atom is -0.444 e. The van der Waals surface area contributed by atoms with Gasteiger partial charge in [0.15, 0.2) is 6.29 Å². The maximum Gasteiger partial charge on any atom is 0.407 e. The standard InChI is InChI=1S/C26H51N3O9/c1-8-34-15-16-35-14-10-22(32)28-13-12-27-21(31)9-11-29-24(33)36-19-23(38-26(5,6)7)37-20(18-30)17-25(2,3)4/h20,23,30H,8-19H2,1-7H3,(H,27,31)(H,28,32)(H,29,33). The van der Waals surface area contributed by atoms with Crippen LogP contribution in [0.3, 0.4) is 0 Å². The molecule has 0 aromatic carbocycles. The average molecular weight is 550 g/mol. The quantitative estimate of drug-likeness (QED) is 0.131. The van der Waals surface area contributed by atoms with Gasteiger partial charge in [-0.05, 0) is 39.5 Å². The number of alkyl carbamates (subject to hydrolysis) is 1. The van der Waals surface area contributed by atoms with Crippen molar-refractivity contribution in [2.75, 3.05) is 59.3 Å². The second-order valence-corrected chi connectivity index (χ2v) is 10.9. The Kier molecular flexibility index (Phi) is 18.9. The van der Waals surface area contributed by atoms with Crippen molar-refractivity contribution in [1.29, 1.82) is 0 Å². The van der Waals surface area contributed by atoms with Crippen molar-refractivity contribution >= 4 is 17.9 Å². The topological polar surface area (TPSA) is 154 Å². The van der Waals surface area contributed by atoms with Crippen molar-refractivity contribution in [3.8, 4) is 0 Å². The van der Waals surface area contributed by atoms with Gasteiger partial charge in [-0.25, -0.2) is 4.79 Å². The van der Waals surface area contributed by atoms with Gasteiger partial charge in [0.05, 0.1) is 38.1 Å². The Morgan fingerprint density at radius 2 is 1.42 bits per heavy atom. The normalized spacial score (nSPS) is 13.5. The molecule has 0 aliphatic carbocycles. The smallest absolute Gasteiger partial charge is 0.407 e. The monoisotopic (exact) mass is 549 g/mol. The molecule has 0 saturated carbocycles. The molecule has 4 N–H and O–H groups in total. The summed E-state index contributed by atoms with van der Waals surface area (Å²) < 4.78 is 27.4. The third-order valence-corrected chi connectivity index (χ3v) is 4.66. The summed E-state index contributed by atoms with van der Waals surface area (Å²) in [5.74, 6) is -0.439. The van der Waals surface area contributed by atoms with Gasteiger partial charge in [0.2, 0.25) is 11.8 Å². The van der Waals surface area contributed by atoms with Gasteiger partial charge in [-0.15, -0.1) is 0 Å². The fourth-order valence-electron chi connectivity index (χ4n) is 3.13. The average Bonchev–Trinajstić information content (AvgIpc) is 2.80. The molecule has 3 amide bonds. The van der Waals surface area contributed by atoms with Crippen LogP contribution >= 0.6 is 0 Å². The molecule has 0 bridgehead atoms. The van der Waals surface area contributed by atoms with E-state index in [1.54, 1.807) is 0 Å². The van der Waals surface area contributed by atoms with Crippen LogP contribution in [0.15, 0.2) is 0 Å². The van der Waals surface area contributed by atoms with E-state index >= 15 is 0 Å². The molecule has 0 spiro atoms. The third kappa shape index (κ3) is 23.2. The minimum atomic E-state index is -0.861. The fraction of sp³-hybridized carbons (Fsp3) is 0.885. The van der Waals surface area contributed by atoms with Crippen LogP contribution in [0.2, 0.25) is 0 Å². The molecule has 0 aromatic rings. The Bertz CT molecular complexity index is 663. The minimum absolute atomic E-state index is 0.0489. The molecule has 0 saturated heterocycles. The van der Waals surface area contributed by atoms with Crippen molar-refractivity contribution in [3.63, 3.8) is 0 Å². The number of hydrogen-bond acceptors (Lipinski definition) is 9. The number of aliphatic hydroxyl groups excluding tert-OH is 1. The van der Waals surface area contributed by atoms with Gasteiger partial charge in [0.25, 0.3) is 0 Å². The van der Waals surface area contributed by atoms with Gasteiger partial charge in [-0.2, -0.15) is 0 Å². The summed E-state index contributed by atoms with van der Waals surface area (Å²) in [6, 6.07) is 0. The lowest BCUT2D eigenvalue weighted by atomic mass is 9.89. The molecule has 12 heteroatoms. The van der Waals surface area contributed by atoms with E-state index in [9.17, 15) is 19.5 Å². The van der Waals surface area contributed by atoms with Crippen LogP contribution in [0.5, 0.6) is 0 Å². The summed E-state index contributed by atoms with van der Waals surface area (Å²) >= 11 is 0. The number of carbonyl (C=O) groups is 3. The van der Waals surface area contributed by atoms with E-state index in [0.29, 0.717) is 32.8 Å². The molecule has 12 nitrogen and oxygen atoms in total. The van der Waals surface area contributed by atoms with E-state index in [0.717, 1.165) is 0 Å². The number of rotatable bonds is 20. The third-order valence-electron chi connectivity index (χ3n) is 4.66. The molecule has 2 unspecified atom stereocenters. The van der Waals surface area contributed by atoms with Crippen molar-refractivity contribution in [2.45, 2.75) is 85.7 Å². The van der Waals surface area contributed by atoms with Gasteiger partial charge in [0, 0.05) is 39.1 Å². The van der Waals surface area contributed by atoms with E-state index in [1.165, 1.54) is 0 Å². The molecule has 0 aliphatic heterocycles. The molecular formula is C26H51N3O9. The van der Waals surface area contributed by atoms with Crippen LogP contribution in [0, 0.1) is 5.41 Å². The largest absolute Gasteiger partial charge is 0.444 e. The molecule has 0 fully saturated rings. The van der Waals surface area contributed by atoms with Gasteiger partial charge < -0.3 is 44.7 Å². The first kappa shape index (κ1) is 36.0. The number of ether oxygens (including phenoxy) is 5. The molecule has 2 atom stereocenters. The highest BCUT2D eigenvalue weighted by Gasteiger charge is 2.27. The SMILES string of the molecule is CCOCCOCCC(=O)NCCNC(=O)CCNC(=O)OCC(OC(CO)CC(C)(C)C)OC(C)(C)C. The highest BCUT2D eigenvalue weighted by molar-refractivity contribution is 5.77. The Morgan fingerprint density at radius 1 is 0.816 bits per heavy atom. The molecule has 0 radical (unpaired) electrons. The molecule has 0 rings (SSSR count). The number of amides is 3. The number of nitrogens with one attached hydrogen (secondary N) is 3. The summed E-state index contributed by atoms with van der Waals surface area (Å²) in [6.45, 7) is 15.7. The molecule has 0 aliphatic rings. The van der Waals surface area contributed by atoms with Crippen LogP contribution in [0.25, 0.3) is 0 Å². The second-order valence-electron chi connectivity index (χ2n) is 10.9. The number of carbonyl (C=O) groups excluding carboxylic acids is 3. The lowest BCUT2D eigenvalue weighted by Crippen LogP contribution is -2.40. The van der Waals surface area contributed by atoms with Gasteiger partial charge >= 0.3 is 6.09 Å². The van der Waals surface area contributed by atoms with Crippen LogP contribution in [0.1, 0.15) is 67.7 Å². The Morgan fingerprint density at radius 3 is 1.97 bits per heavy atom. The predicted molar refractivity (Wildman–Crippen MR) is 143 cm³/mol. The van der Waals surface area contributed by atoms with E-state index in [4.69, 9.17) is 23.7 Å². The zero-order valence-electron chi connectivity index (χ0n) is 24.4. The summed E-state index contributed by atoms with van der Waals surface area (Å²) in [4.78, 5) is 35.8. The van der Waals surface area contributed by atoms with Crippen molar-refractivity contribution in [2.24, 2.45) is 5.41 Å². The fourth-order valence-corrected chi connectivity index (χ4v) is 3.13. The second kappa shape index (κ2) is 20.0. The highest BCUT2D eigenvalue weighted by atomic mass is 16.7. The maximum absolute atomic E-state index is 12.1. The zero-order valence-corrected chi connectivity index (χ0v) is 24.4. The number of hydrogen-bond donors (Lipinski definition) is 4. The Hall–Kier alpha value is -1.99. The van der Waals surface area contributed by atoms with E-state index in [1.807, 2.05) is 48.5 Å². The predicted octanol–water partition coefficient (Wildman–Crippen LogP) is 1.73. The Balaban J connectivity index is 4.16.